The van der Waals surface area contributed by atoms with Crippen LogP contribution in [0.2, 0.25) is 0 Å². The minimum Gasteiger partial charge on any atom is -0.481 e. The van der Waals surface area contributed by atoms with E-state index in [0.29, 0.717) is 43.2 Å². The van der Waals surface area contributed by atoms with E-state index < -0.39 is 5.97 Å². The fourth-order valence-corrected chi connectivity index (χ4v) is 2.56. The molecule has 23 heavy (non-hydrogen) atoms. The Labute approximate surface area is 133 Å². The molecule has 0 unspecified atom stereocenters. The number of carboxylic acid groups (broad SMARTS) is 1. The predicted octanol–water partition coefficient (Wildman–Crippen LogP) is 1.55. The summed E-state index contributed by atoms with van der Waals surface area (Å²) in [7, 11) is 0. The molecule has 3 N–H and O–H groups in total. The Bertz CT molecular complexity index is 687. The Balaban J connectivity index is 1.76. The van der Waals surface area contributed by atoms with Gasteiger partial charge in [0.2, 0.25) is 5.88 Å². The van der Waals surface area contributed by atoms with Crippen LogP contribution in [0.25, 0.3) is 0 Å². The average Bonchev–Trinajstić information content (AvgIpc) is 2.58. The maximum atomic E-state index is 11.0. The Morgan fingerprint density at radius 2 is 2.13 bits per heavy atom. The Hall–Kier alpha value is -2.90. The topological polar surface area (TPSA) is 114 Å². The number of piperidine rings is 1. The molecule has 0 amide bonds. The molecule has 3 rings (SSSR count). The van der Waals surface area contributed by atoms with Crippen molar-refractivity contribution in [1.29, 1.82) is 0 Å². The molecule has 2 aromatic heterocycles. The van der Waals surface area contributed by atoms with E-state index in [1.165, 1.54) is 6.33 Å². The SMILES string of the molecule is Nc1c(Oc2cccnc2)ncnc1N1CCC(C(=O)O)CC1. The summed E-state index contributed by atoms with van der Waals surface area (Å²) in [6, 6.07) is 3.51. The van der Waals surface area contributed by atoms with Crippen molar-refractivity contribution in [2.75, 3.05) is 23.7 Å². The first-order chi connectivity index (χ1) is 11.1. The van der Waals surface area contributed by atoms with Gasteiger partial charge in [-0.15, -0.1) is 0 Å². The van der Waals surface area contributed by atoms with E-state index in [9.17, 15) is 4.79 Å². The van der Waals surface area contributed by atoms with Gasteiger partial charge < -0.3 is 20.5 Å². The number of rotatable bonds is 4. The highest BCUT2D eigenvalue weighted by Gasteiger charge is 2.27. The van der Waals surface area contributed by atoms with Gasteiger partial charge in [0, 0.05) is 19.3 Å². The zero-order valence-corrected chi connectivity index (χ0v) is 12.4. The summed E-state index contributed by atoms with van der Waals surface area (Å²) in [5, 5.41) is 9.06. The van der Waals surface area contributed by atoms with Crippen molar-refractivity contribution in [2.24, 2.45) is 5.92 Å². The second-order valence-electron chi connectivity index (χ2n) is 5.31. The number of hydrogen-bond acceptors (Lipinski definition) is 7. The fourth-order valence-electron chi connectivity index (χ4n) is 2.56. The molecule has 2 aromatic rings. The van der Waals surface area contributed by atoms with Crippen molar-refractivity contribution in [1.82, 2.24) is 15.0 Å². The number of aromatic nitrogens is 3. The fraction of sp³-hybridized carbons (Fsp3) is 0.333. The molecule has 0 atom stereocenters. The lowest BCUT2D eigenvalue weighted by atomic mass is 9.97. The molecule has 8 nitrogen and oxygen atoms in total. The lowest BCUT2D eigenvalue weighted by Gasteiger charge is -2.31. The Morgan fingerprint density at radius 3 is 2.78 bits per heavy atom. The maximum absolute atomic E-state index is 11.0. The number of hydrogen-bond donors (Lipinski definition) is 2. The minimum absolute atomic E-state index is 0.267. The van der Waals surface area contributed by atoms with Crippen LogP contribution in [0.1, 0.15) is 12.8 Å². The molecule has 0 bridgehead atoms. The van der Waals surface area contributed by atoms with Gasteiger partial charge in [-0.05, 0) is 25.0 Å². The van der Waals surface area contributed by atoms with Gasteiger partial charge in [-0.1, -0.05) is 0 Å². The first kappa shape index (κ1) is 15.0. The molecule has 120 valence electrons. The van der Waals surface area contributed by atoms with Crippen molar-refractivity contribution >= 4 is 17.5 Å². The van der Waals surface area contributed by atoms with Crippen LogP contribution >= 0.6 is 0 Å². The second-order valence-corrected chi connectivity index (χ2v) is 5.31. The van der Waals surface area contributed by atoms with E-state index in [-0.39, 0.29) is 11.8 Å². The van der Waals surface area contributed by atoms with E-state index in [2.05, 4.69) is 15.0 Å². The number of ether oxygens (including phenoxy) is 1. The van der Waals surface area contributed by atoms with E-state index in [0.717, 1.165) is 0 Å². The quantitative estimate of drug-likeness (QED) is 0.873. The third-order valence-electron chi connectivity index (χ3n) is 3.82. The van der Waals surface area contributed by atoms with Crippen molar-refractivity contribution in [3.8, 4) is 11.6 Å². The van der Waals surface area contributed by atoms with Crippen molar-refractivity contribution in [3.63, 3.8) is 0 Å². The van der Waals surface area contributed by atoms with Gasteiger partial charge in [-0.25, -0.2) is 4.98 Å². The van der Waals surface area contributed by atoms with Crippen LogP contribution in [0, 0.1) is 5.92 Å². The number of carbonyl (C=O) groups is 1. The van der Waals surface area contributed by atoms with E-state index >= 15 is 0 Å². The zero-order chi connectivity index (χ0) is 16.2. The number of pyridine rings is 1. The molecule has 1 fully saturated rings. The lowest BCUT2D eigenvalue weighted by Crippen LogP contribution is -2.37. The smallest absolute Gasteiger partial charge is 0.306 e. The Kier molecular flexibility index (Phi) is 4.22. The molecular weight excluding hydrogens is 298 g/mol. The third-order valence-corrected chi connectivity index (χ3v) is 3.82. The van der Waals surface area contributed by atoms with Crippen LogP contribution in [0.15, 0.2) is 30.9 Å². The van der Waals surface area contributed by atoms with E-state index in [1.807, 2.05) is 4.90 Å². The molecule has 1 aliphatic rings. The lowest BCUT2D eigenvalue weighted by molar-refractivity contribution is -0.142. The van der Waals surface area contributed by atoms with Gasteiger partial charge in [-0.3, -0.25) is 9.78 Å². The van der Waals surface area contributed by atoms with Crippen molar-refractivity contribution in [3.05, 3.63) is 30.9 Å². The summed E-state index contributed by atoms with van der Waals surface area (Å²) >= 11 is 0. The molecule has 0 aliphatic carbocycles. The molecule has 0 radical (unpaired) electrons. The molecule has 1 aliphatic heterocycles. The largest absolute Gasteiger partial charge is 0.481 e. The van der Waals surface area contributed by atoms with Gasteiger partial charge in [0.25, 0.3) is 0 Å². The van der Waals surface area contributed by atoms with Crippen LogP contribution in [0.5, 0.6) is 11.6 Å². The van der Waals surface area contributed by atoms with Crippen LogP contribution in [-0.2, 0) is 4.79 Å². The van der Waals surface area contributed by atoms with Crippen LogP contribution < -0.4 is 15.4 Å². The Morgan fingerprint density at radius 1 is 1.35 bits per heavy atom. The summed E-state index contributed by atoms with van der Waals surface area (Å²) in [6.07, 6.45) is 5.74. The van der Waals surface area contributed by atoms with Gasteiger partial charge in [0.05, 0.1) is 12.1 Å². The zero-order valence-electron chi connectivity index (χ0n) is 12.4. The predicted molar refractivity (Wildman–Crippen MR) is 83.3 cm³/mol. The van der Waals surface area contributed by atoms with Crippen molar-refractivity contribution < 1.29 is 14.6 Å². The molecule has 8 heteroatoms. The highest BCUT2D eigenvalue weighted by molar-refractivity contribution is 5.72. The monoisotopic (exact) mass is 315 g/mol. The first-order valence-corrected chi connectivity index (χ1v) is 7.31. The summed E-state index contributed by atoms with van der Waals surface area (Å²) in [4.78, 5) is 25.3. The van der Waals surface area contributed by atoms with Gasteiger partial charge in [0.1, 0.15) is 17.8 Å². The highest BCUT2D eigenvalue weighted by atomic mass is 16.5. The van der Waals surface area contributed by atoms with Crippen molar-refractivity contribution in [2.45, 2.75) is 12.8 Å². The average molecular weight is 315 g/mol. The number of anilines is 2. The van der Waals surface area contributed by atoms with Crippen LogP contribution in [0.4, 0.5) is 11.5 Å². The standard InChI is InChI=1S/C15H17N5O3/c16-12-13(20-6-3-10(4-7-20)15(21)22)18-9-19-14(12)23-11-2-1-5-17-8-11/h1-2,5,8-10H,3-4,6-7,16H2,(H,21,22). The summed E-state index contributed by atoms with van der Waals surface area (Å²) in [5.41, 5.74) is 6.47. The van der Waals surface area contributed by atoms with E-state index in [4.69, 9.17) is 15.6 Å². The maximum Gasteiger partial charge on any atom is 0.306 e. The number of carboxylic acids is 1. The minimum atomic E-state index is -0.749. The molecule has 0 spiro atoms. The molecule has 0 aromatic carbocycles. The molecule has 0 saturated carbocycles. The number of nitrogens with two attached hydrogens (primary N) is 1. The van der Waals surface area contributed by atoms with Gasteiger partial charge in [0.15, 0.2) is 5.82 Å². The third kappa shape index (κ3) is 3.31. The van der Waals surface area contributed by atoms with Crippen LogP contribution in [-0.4, -0.2) is 39.1 Å². The van der Waals surface area contributed by atoms with E-state index in [1.54, 1.807) is 24.5 Å². The number of nitrogens with zero attached hydrogens (tertiary/aromatic N) is 4. The molecule has 1 saturated heterocycles. The molecular formula is C15H17N5O3. The summed E-state index contributed by atoms with van der Waals surface area (Å²) in [5.74, 6) is 0.320. The van der Waals surface area contributed by atoms with Gasteiger partial charge >= 0.3 is 5.97 Å². The number of nitrogen functional groups attached to an aromatic ring is 1. The first-order valence-electron chi connectivity index (χ1n) is 7.31. The van der Waals surface area contributed by atoms with Gasteiger partial charge in [-0.2, -0.15) is 4.98 Å². The second kappa shape index (κ2) is 6.47. The summed E-state index contributed by atoms with van der Waals surface area (Å²) < 4.78 is 5.64. The summed E-state index contributed by atoms with van der Waals surface area (Å²) in [6.45, 7) is 1.18. The highest BCUT2D eigenvalue weighted by Crippen LogP contribution is 2.33. The van der Waals surface area contributed by atoms with Crippen LogP contribution in [0.3, 0.4) is 0 Å². The number of aliphatic carboxylic acids is 1. The normalized spacial score (nSPS) is 15.4. The molecule has 3 heterocycles.